The number of benzene rings is 1. The van der Waals surface area contributed by atoms with Gasteiger partial charge in [0.25, 0.3) is 5.91 Å². The molecule has 0 saturated carbocycles. The van der Waals surface area contributed by atoms with Crippen molar-refractivity contribution in [1.29, 1.82) is 0 Å². The van der Waals surface area contributed by atoms with Crippen molar-refractivity contribution in [3.8, 4) is 0 Å². The van der Waals surface area contributed by atoms with Crippen molar-refractivity contribution in [2.24, 2.45) is 0 Å². The number of halogens is 2. The lowest BCUT2D eigenvalue weighted by Crippen LogP contribution is -2.14. The topological polar surface area (TPSA) is 68.0 Å². The molecule has 1 aromatic heterocycles. The first-order valence-electron chi connectivity index (χ1n) is 6.44. The predicted molar refractivity (Wildman–Crippen MR) is 84.8 cm³/mol. The summed E-state index contributed by atoms with van der Waals surface area (Å²) in [4.78, 5) is 16.4. The molecule has 2 rings (SSSR count). The Labute approximate surface area is 130 Å². The molecule has 0 bridgehead atoms. The van der Waals surface area contributed by atoms with E-state index in [1.54, 1.807) is 13.0 Å². The van der Waals surface area contributed by atoms with Crippen LogP contribution in [-0.2, 0) is 6.42 Å². The van der Waals surface area contributed by atoms with E-state index < -0.39 is 0 Å². The molecule has 6 heteroatoms. The fraction of sp³-hybridized carbons (Fsp3) is 0.200. The molecule has 0 atom stereocenters. The summed E-state index contributed by atoms with van der Waals surface area (Å²) in [6.45, 7) is 3.66. The maximum atomic E-state index is 13.4. The molecule has 1 amide bonds. The molecule has 0 aliphatic heterocycles. The van der Waals surface area contributed by atoms with E-state index in [-0.39, 0.29) is 11.7 Å². The number of rotatable bonds is 3. The number of nitrogens with two attached hydrogens (primary N) is 1. The summed E-state index contributed by atoms with van der Waals surface area (Å²) in [5, 5.41) is 2.75. The molecule has 4 nitrogen and oxygen atoms in total. The normalized spacial score (nSPS) is 10.5. The molecule has 2 aromatic rings. The van der Waals surface area contributed by atoms with E-state index in [1.165, 1.54) is 18.2 Å². The molecule has 0 aliphatic carbocycles. The van der Waals surface area contributed by atoms with Crippen LogP contribution < -0.4 is 11.1 Å². The first kappa shape index (κ1) is 15.4. The Morgan fingerprint density at radius 1 is 1.38 bits per heavy atom. The quantitative estimate of drug-likeness (QED) is 0.885. The number of aromatic nitrogens is 1. The van der Waals surface area contributed by atoms with Crippen LogP contribution in [0.4, 0.5) is 15.9 Å². The van der Waals surface area contributed by atoms with Crippen molar-refractivity contribution >= 4 is 33.3 Å². The zero-order valence-electron chi connectivity index (χ0n) is 11.7. The van der Waals surface area contributed by atoms with Crippen LogP contribution in [0.15, 0.2) is 28.7 Å². The first-order chi connectivity index (χ1) is 9.90. The molecule has 3 N–H and O–H groups in total. The van der Waals surface area contributed by atoms with Crippen LogP contribution in [-0.4, -0.2) is 10.9 Å². The van der Waals surface area contributed by atoms with Crippen molar-refractivity contribution in [2.45, 2.75) is 20.3 Å². The number of nitrogens with zero attached hydrogens (tertiary/aromatic N) is 1. The zero-order chi connectivity index (χ0) is 15.6. The zero-order valence-corrected chi connectivity index (χ0v) is 13.3. The lowest BCUT2D eigenvalue weighted by Gasteiger charge is -2.10. The Morgan fingerprint density at radius 3 is 2.76 bits per heavy atom. The minimum atomic E-state index is -0.369. The number of nitrogens with one attached hydrogen (secondary N) is 1. The fourth-order valence-electron chi connectivity index (χ4n) is 1.90. The van der Waals surface area contributed by atoms with Crippen LogP contribution in [0.25, 0.3) is 0 Å². The van der Waals surface area contributed by atoms with Crippen LogP contribution in [0.1, 0.15) is 28.5 Å². The third-order valence-electron chi connectivity index (χ3n) is 3.04. The minimum Gasteiger partial charge on any atom is -0.384 e. The Hall–Kier alpha value is -1.95. The number of nitrogen functional groups attached to an aromatic ring is 1. The van der Waals surface area contributed by atoms with Crippen molar-refractivity contribution in [3.05, 3.63) is 51.4 Å². The Bertz CT molecular complexity index is 704. The number of hydrogen-bond acceptors (Lipinski definition) is 3. The maximum Gasteiger partial charge on any atom is 0.255 e. The highest BCUT2D eigenvalue weighted by Crippen LogP contribution is 2.24. The second kappa shape index (κ2) is 6.22. The summed E-state index contributed by atoms with van der Waals surface area (Å²) in [7, 11) is 0. The first-order valence-corrected chi connectivity index (χ1v) is 7.23. The third-order valence-corrected chi connectivity index (χ3v) is 3.65. The summed E-state index contributed by atoms with van der Waals surface area (Å²) in [6.07, 6.45) is 0.687. The standard InChI is InChI=1S/C15H15BrFN3O/c1-3-10-5-9(6-14(18)19-10)15(21)20-13-7-11(16)12(17)4-8(13)2/h4-7H,3H2,1-2H3,(H2,18,19)(H,20,21). The van der Waals surface area contributed by atoms with Gasteiger partial charge in [-0.2, -0.15) is 0 Å². The molecule has 21 heavy (non-hydrogen) atoms. The van der Waals surface area contributed by atoms with E-state index in [0.717, 1.165) is 5.69 Å². The van der Waals surface area contributed by atoms with Crippen LogP contribution in [0.2, 0.25) is 0 Å². The highest BCUT2D eigenvalue weighted by atomic mass is 79.9. The Morgan fingerprint density at radius 2 is 2.10 bits per heavy atom. The highest BCUT2D eigenvalue weighted by Gasteiger charge is 2.12. The van der Waals surface area contributed by atoms with Crippen molar-refractivity contribution in [3.63, 3.8) is 0 Å². The van der Waals surface area contributed by atoms with Crippen molar-refractivity contribution in [2.75, 3.05) is 11.1 Å². The van der Waals surface area contributed by atoms with Gasteiger partial charge in [-0.25, -0.2) is 9.37 Å². The van der Waals surface area contributed by atoms with Gasteiger partial charge in [-0.05, 0) is 59.1 Å². The molecule has 0 unspecified atom stereocenters. The lowest BCUT2D eigenvalue weighted by molar-refractivity contribution is 0.102. The third kappa shape index (κ3) is 3.58. The van der Waals surface area contributed by atoms with E-state index >= 15 is 0 Å². The van der Waals surface area contributed by atoms with E-state index in [9.17, 15) is 9.18 Å². The number of aryl methyl sites for hydroxylation is 2. The molecule has 1 aromatic carbocycles. The van der Waals surface area contributed by atoms with Gasteiger partial charge in [-0.1, -0.05) is 6.92 Å². The summed E-state index contributed by atoms with van der Waals surface area (Å²) in [5.41, 5.74) is 8.05. The summed E-state index contributed by atoms with van der Waals surface area (Å²) < 4.78 is 13.7. The average Bonchev–Trinajstić information content (AvgIpc) is 2.43. The smallest absolute Gasteiger partial charge is 0.255 e. The fourth-order valence-corrected chi connectivity index (χ4v) is 2.24. The van der Waals surface area contributed by atoms with Gasteiger partial charge >= 0.3 is 0 Å². The van der Waals surface area contributed by atoms with Crippen LogP contribution in [0.5, 0.6) is 0 Å². The minimum absolute atomic E-state index is 0.298. The van der Waals surface area contributed by atoms with Crippen molar-refractivity contribution in [1.82, 2.24) is 4.98 Å². The number of carbonyl (C=O) groups excluding carboxylic acids is 1. The SMILES string of the molecule is CCc1cc(C(=O)Nc2cc(Br)c(F)cc2C)cc(N)n1. The van der Waals surface area contributed by atoms with Gasteiger partial charge in [0.15, 0.2) is 0 Å². The number of carbonyl (C=O) groups is 1. The molecule has 1 heterocycles. The largest absolute Gasteiger partial charge is 0.384 e. The second-order valence-corrected chi connectivity index (χ2v) is 5.52. The number of anilines is 2. The van der Waals surface area contributed by atoms with Gasteiger partial charge < -0.3 is 11.1 Å². The van der Waals surface area contributed by atoms with Gasteiger partial charge in [0.1, 0.15) is 11.6 Å². The average molecular weight is 352 g/mol. The molecule has 110 valence electrons. The molecular formula is C15H15BrFN3O. The molecule has 0 saturated heterocycles. The molecule has 0 aliphatic rings. The lowest BCUT2D eigenvalue weighted by atomic mass is 10.1. The van der Waals surface area contributed by atoms with Crippen LogP contribution in [0.3, 0.4) is 0 Å². The summed E-state index contributed by atoms with van der Waals surface area (Å²) in [6, 6.07) is 6.11. The van der Waals surface area contributed by atoms with Crippen LogP contribution >= 0.6 is 15.9 Å². The molecule has 0 spiro atoms. The van der Waals surface area contributed by atoms with E-state index in [1.807, 2.05) is 6.92 Å². The van der Waals surface area contributed by atoms with Crippen molar-refractivity contribution < 1.29 is 9.18 Å². The summed E-state index contributed by atoms with van der Waals surface area (Å²) in [5.74, 6) is -0.371. The van der Waals surface area contributed by atoms with Gasteiger partial charge in [-0.15, -0.1) is 0 Å². The molecule has 0 radical (unpaired) electrons. The number of amides is 1. The highest BCUT2D eigenvalue weighted by molar-refractivity contribution is 9.10. The maximum absolute atomic E-state index is 13.4. The molecular weight excluding hydrogens is 337 g/mol. The van der Waals surface area contributed by atoms with Gasteiger partial charge in [0, 0.05) is 16.9 Å². The number of hydrogen-bond donors (Lipinski definition) is 2. The van der Waals surface area contributed by atoms with Gasteiger partial charge in [0.2, 0.25) is 0 Å². The van der Waals surface area contributed by atoms with E-state index in [2.05, 4.69) is 26.2 Å². The number of pyridine rings is 1. The van der Waals surface area contributed by atoms with Crippen LogP contribution in [0, 0.1) is 12.7 Å². The Kier molecular flexibility index (Phi) is 4.57. The second-order valence-electron chi connectivity index (χ2n) is 4.66. The summed E-state index contributed by atoms with van der Waals surface area (Å²) >= 11 is 3.10. The Balaban J connectivity index is 2.30. The van der Waals surface area contributed by atoms with E-state index in [0.29, 0.717) is 33.5 Å². The van der Waals surface area contributed by atoms with E-state index in [4.69, 9.17) is 5.73 Å². The molecule has 0 fully saturated rings. The van der Waals surface area contributed by atoms with Gasteiger partial charge in [0.05, 0.1) is 4.47 Å². The monoisotopic (exact) mass is 351 g/mol. The predicted octanol–water partition coefficient (Wildman–Crippen LogP) is 3.69. The van der Waals surface area contributed by atoms with Gasteiger partial charge in [-0.3, -0.25) is 4.79 Å².